The molecule has 0 bridgehead atoms. The van der Waals surface area contributed by atoms with Gasteiger partial charge in [0.2, 0.25) is 0 Å². The molecule has 4 atom stereocenters. The molecule has 1 saturated carbocycles. The van der Waals surface area contributed by atoms with Crippen molar-refractivity contribution in [3.8, 4) is 5.75 Å². The first-order chi connectivity index (χ1) is 8.61. The molecule has 2 aliphatic rings. The van der Waals surface area contributed by atoms with E-state index in [1.165, 1.54) is 24.0 Å². The molecule has 0 heterocycles. The largest absolute Gasteiger partial charge is 0.497 e. The topological polar surface area (TPSA) is 35.2 Å². The highest BCUT2D eigenvalue weighted by Gasteiger charge is 2.57. The third kappa shape index (κ3) is 1.38. The molecule has 4 unspecified atom stereocenters. The summed E-state index contributed by atoms with van der Waals surface area (Å²) in [4.78, 5) is 0. The second-order valence-electron chi connectivity index (χ2n) is 6.13. The van der Waals surface area contributed by atoms with Crippen molar-refractivity contribution < 1.29 is 4.74 Å². The maximum atomic E-state index is 6.41. The minimum Gasteiger partial charge on any atom is -0.497 e. The molecule has 0 aromatic heterocycles. The molecular weight excluding hydrogens is 222 g/mol. The summed E-state index contributed by atoms with van der Waals surface area (Å²) < 4.78 is 5.34. The Morgan fingerprint density at radius 3 is 2.89 bits per heavy atom. The standard InChI is InChI=1S/C16H23NO/c1-4-16(2)14-12-8-6-11(18-3)9-10(12)5-7-13(14)15(16)17/h6,8-9,13-15H,4-5,7,17H2,1-3H3. The fourth-order valence-corrected chi connectivity index (χ4v) is 4.21. The summed E-state index contributed by atoms with van der Waals surface area (Å²) in [6.45, 7) is 4.63. The van der Waals surface area contributed by atoms with Gasteiger partial charge in [0.25, 0.3) is 0 Å². The molecule has 2 aliphatic carbocycles. The Bertz CT molecular complexity index is 470. The van der Waals surface area contributed by atoms with Crippen LogP contribution in [0.3, 0.4) is 0 Å². The minimum absolute atomic E-state index is 0.286. The normalized spacial score (nSPS) is 37.4. The van der Waals surface area contributed by atoms with Gasteiger partial charge in [0, 0.05) is 6.04 Å². The lowest BCUT2D eigenvalue weighted by molar-refractivity contribution is -0.0183. The first-order valence-corrected chi connectivity index (χ1v) is 7.04. The van der Waals surface area contributed by atoms with Crippen molar-refractivity contribution in [2.45, 2.75) is 45.1 Å². The molecular formula is C16H23NO. The van der Waals surface area contributed by atoms with Crippen LogP contribution in [0, 0.1) is 11.3 Å². The van der Waals surface area contributed by atoms with Crippen molar-refractivity contribution in [1.29, 1.82) is 0 Å². The molecule has 18 heavy (non-hydrogen) atoms. The number of methoxy groups -OCH3 is 1. The zero-order valence-electron chi connectivity index (χ0n) is 11.6. The summed E-state index contributed by atoms with van der Waals surface area (Å²) in [6.07, 6.45) is 3.56. The number of fused-ring (bicyclic) bond motifs is 3. The molecule has 0 radical (unpaired) electrons. The molecule has 0 aliphatic heterocycles. The Morgan fingerprint density at radius 1 is 1.44 bits per heavy atom. The average molecular weight is 245 g/mol. The van der Waals surface area contributed by atoms with Crippen molar-refractivity contribution in [2.75, 3.05) is 7.11 Å². The first kappa shape index (κ1) is 12.0. The van der Waals surface area contributed by atoms with E-state index in [0.717, 1.165) is 12.2 Å². The van der Waals surface area contributed by atoms with Crippen molar-refractivity contribution in [3.63, 3.8) is 0 Å². The van der Waals surface area contributed by atoms with Gasteiger partial charge in [0.15, 0.2) is 0 Å². The van der Waals surface area contributed by atoms with Gasteiger partial charge in [-0.3, -0.25) is 0 Å². The molecule has 1 fully saturated rings. The van der Waals surface area contributed by atoms with Crippen molar-refractivity contribution >= 4 is 0 Å². The van der Waals surface area contributed by atoms with Crippen LogP contribution in [0.1, 0.15) is 43.7 Å². The molecule has 98 valence electrons. The van der Waals surface area contributed by atoms with Crippen molar-refractivity contribution in [1.82, 2.24) is 0 Å². The Hall–Kier alpha value is -1.02. The van der Waals surface area contributed by atoms with E-state index in [4.69, 9.17) is 10.5 Å². The number of ether oxygens (including phenoxy) is 1. The SMILES string of the molecule is CCC1(C)C(N)C2CCc3cc(OC)ccc3C21. The van der Waals surface area contributed by atoms with Gasteiger partial charge >= 0.3 is 0 Å². The van der Waals surface area contributed by atoms with E-state index >= 15 is 0 Å². The average Bonchev–Trinajstić information content (AvgIpc) is 2.43. The van der Waals surface area contributed by atoms with Crippen LogP contribution in [0.25, 0.3) is 0 Å². The van der Waals surface area contributed by atoms with E-state index in [2.05, 4.69) is 32.0 Å². The van der Waals surface area contributed by atoms with E-state index in [9.17, 15) is 0 Å². The number of rotatable bonds is 2. The molecule has 0 saturated heterocycles. The van der Waals surface area contributed by atoms with Crippen LogP contribution < -0.4 is 10.5 Å². The molecule has 1 aromatic rings. The lowest BCUT2D eigenvalue weighted by atomic mass is 9.45. The zero-order chi connectivity index (χ0) is 12.9. The lowest BCUT2D eigenvalue weighted by Gasteiger charge is -2.61. The molecule has 2 nitrogen and oxygen atoms in total. The Balaban J connectivity index is 2.02. The van der Waals surface area contributed by atoms with E-state index in [0.29, 0.717) is 17.9 Å². The van der Waals surface area contributed by atoms with Crippen LogP contribution in [-0.2, 0) is 6.42 Å². The lowest BCUT2D eigenvalue weighted by Crippen LogP contribution is -2.63. The molecule has 2 heteroatoms. The summed E-state index contributed by atoms with van der Waals surface area (Å²) in [6, 6.07) is 6.96. The predicted molar refractivity (Wildman–Crippen MR) is 73.9 cm³/mol. The van der Waals surface area contributed by atoms with Crippen LogP contribution >= 0.6 is 0 Å². The summed E-state index contributed by atoms with van der Waals surface area (Å²) in [5, 5.41) is 0. The quantitative estimate of drug-likeness (QED) is 0.869. The van der Waals surface area contributed by atoms with E-state index in [-0.39, 0.29) is 5.41 Å². The van der Waals surface area contributed by atoms with Gasteiger partial charge in [-0.15, -0.1) is 0 Å². The van der Waals surface area contributed by atoms with Gasteiger partial charge in [-0.05, 0) is 59.8 Å². The van der Waals surface area contributed by atoms with Crippen molar-refractivity contribution in [2.24, 2.45) is 17.1 Å². The van der Waals surface area contributed by atoms with Crippen LogP contribution in [0.2, 0.25) is 0 Å². The molecule has 0 amide bonds. The van der Waals surface area contributed by atoms with Crippen LogP contribution in [0.5, 0.6) is 5.75 Å². The van der Waals surface area contributed by atoms with E-state index in [1.54, 1.807) is 7.11 Å². The number of benzene rings is 1. The summed E-state index contributed by atoms with van der Waals surface area (Å²) in [5.41, 5.74) is 9.70. The maximum Gasteiger partial charge on any atom is 0.119 e. The van der Waals surface area contributed by atoms with Crippen LogP contribution in [0.15, 0.2) is 18.2 Å². The third-order valence-corrected chi connectivity index (χ3v) is 5.56. The molecule has 2 N–H and O–H groups in total. The first-order valence-electron chi connectivity index (χ1n) is 7.04. The van der Waals surface area contributed by atoms with E-state index in [1.807, 2.05) is 0 Å². The van der Waals surface area contributed by atoms with Gasteiger partial charge in [-0.2, -0.15) is 0 Å². The summed E-state index contributed by atoms with van der Waals surface area (Å²) in [7, 11) is 1.74. The fourth-order valence-electron chi connectivity index (χ4n) is 4.21. The number of aryl methyl sites for hydroxylation is 1. The van der Waals surface area contributed by atoms with Gasteiger partial charge in [-0.1, -0.05) is 19.9 Å². The molecule has 3 rings (SSSR count). The van der Waals surface area contributed by atoms with Crippen LogP contribution in [0.4, 0.5) is 0 Å². The molecule has 0 spiro atoms. The Labute approximate surface area is 110 Å². The van der Waals surface area contributed by atoms with Gasteiger partial charge in [0.05, 0.1) is 7.11 Å². The summed E-state index contributed by atoms with van der Waals surface area (Å²) >= 11 is 0. The second kappa shape index (κ2) is 3.99. The van der Waals surface area contributed by atoms with Gasteiger partial charge in [-0.25, -0.2) is 0 Å². The van der Waals surface area contributed by atoms with Crippen LogP contribution in [-0.4, -0.2) is 13.2 Å². The number of nitrogens with two attached hydrogens (primary N) is 1. The molecule has 1 aromatic carbocycles. The highest BCUT2D eigenvalue weighted by atomic mass is 16.5. The van der Waals surface area contributed by atoms with E-state index < -0.39 is 0 Å². The number of hydrogen-bond donors (Lipinski definition) is 1. The number of hydrogen-bond acceptors (Lipinski definition) is 2. The minimum atomic E-state index is 0.286. The third-order valence-electron chi connectivity index (χ3n) is 5.56. The van der Waals surface area contributed by atoms with Crippen molar-refractivity contribution in [3.05, 3.63) is 29.3 Å². The maximum absolute atomic E-state index is 6.41. The fraction of sp³-hybridized carbons (Fsp3) is 0.625. The predicted octanol–water partition coefficient (Wildman–Crippen LogP) is 3.10. The highest BCUT2D eigenvalue weighted by Crippen LogP contribution is 2.61. The highest BCUT2D eigenvalue weighted by molar-refractivity contribution is 5.43. The zero-order valence-corrected chi connectivity index (χ0v) is 11.6. The smallest absolute Gasteiger partial charge is 0.119 e. The second-order valence-corrected chi connectivity index (χ2v) is 6.13. The van der Waals surface area contributed by atoms with Gasteiger partial charge in [0.1, 0.15) is 5.75 Å². The Kier molecular flexibility index (Phi) is 2.67. The monoisotopic (exact) mass is 245 g/mol. The van der Waals surface area contributed by atoms with Gasteiger partial charge < -0.3 is 10.5 Å². The summed E-state index contributed by atoms with van der Waals surface area (Å²) in [5.74, 6) is 2.33. The Morgan fingerprint density at radius 2 is 2.22 bits per heavy atom.